The van der Waals surface area contributed by atoms with Crippen LogP contribution in [0.1, 0.15) is 24.0 Å². The fraction of sp³-hybridized carbons (Fsp3) is 0.520. The molecule has 2 aromatic rings. The van der Waals surface area contributed by atoms with Gasteiger partial charge in [-0.1, -0.05) is 60.7 Å². The van der Waals surface area contributed by atoms with Crippen molar-refractivity contribution < 1.29 is 0 Å². The molecule has 3 rings (SSSR count). The fourth-order valence-electron chi connectivity index (χ4n) is 4.00. The van der Waals surface area contributed by atoms with E-state index in [2.05, 4.69) is 87.7 Å². The molecule has 29 heavy (non-hydrogen) atoms. The molecule has 2 aromatic carbocycles. The van der Waals surface area contributed by atoms with E-state index in [-0.39, 0.29) is 0 Å². The van der Waals surface area contributed by atoms with Gasteiger partial charge in [0.05, 0.1) is 0 Å². The number of rotatable bonds is 4. The van der Waals surface area contributed by atoms with Crippen LogP contribution >= 0.6 is 0 Å². The minimum absolute atomic E-state index is 1.04. The lowest BCUT2D eigenvalue weighted by molar-refractivity contribution is 0.181. The minimum atomic E-state index is 1.04. The average Bonchev–Trinajstić information content (AvgIpc) is 2.75. The Morgan fingerprint density at radius 1 is 0.621 bits per heavy atom. The summed E-state index contributed by atoms with van der Waals surface area (Å²) in [7, 11) is 2.25. The third-order valence-electron chi connectivity index (χ3n) is 5.74. The molecule has 0 bridgehead atoms. The van der Waals surface area contributed by atoms with Crippen LogP contribution in [0.25, 0.3) is 0 Å². The van der Waals surface area contributed by atoms with Gasteiger partial charge in [-0.25, -0.2) is 0 Å². The van der Waals surface area contributed by atoms with Crippen molar-refractivity contribution in [2.75, 3.05) is 59.4 Å². The first-order valence-corrected chi connectivity index (χ1v) is 11.2. The van der Waals surface area contributed by atoms with Crippen LogP contribution in [0.3, 0.4) is 0 Å². The maximum absolute atomic E-state index is 3.62. The SMILES string of the molecule is CN1CCCN(Cc2ccccc2)CCN(Cc2ccccc2)CCCNCC1. The van der Waals surface area contributed by atoms with Gasteiger partial charge >= 0.3 is 0 Å². The first-order valence-electron chi connectivity index (χ1n) is 11.2. The number of hydrogen-bond acceptors (Lipinski definition) is 4. The zero-order valence-corrected chi connectivity index (χ0v) is 18.1. The summed E-state index contributed by atoms with van der Waals surface area (Å²) in [6.07, 6.45) is 2.43. The molecule has 0 atom stereocenters. The van der Waals surface area contributed by atoms with E-state index in [0.717, 1.165) is 58.9 Å². The number of nitrogens with one attached hydrogen (secondary N) is 1. The predicted octanol–water partition coefficient (Wildman–Crippen LogP) is 3.31. The van der Waals surface area contributed by atoms with Crippen LogP contribution in [0.2, 0.25) is 0 Å². The van der Waals surface area contributed by atoms with E-state index in [0.29, 0.717) is 0 Å². The van der Waals surface area contributed by atoms with Crippen LogP contribution in [0, 0.1) is 0 Å². The molecule has 1 fully saturated rings. The van der Waals surface area contributed by atoms with Crippen molar-refractivity contribution in [3.63, 3.8) is 0 Å². The zero-order valence-electron chi connectivity index (χ0n) is 18.1. The van der Waals surface area contributed by atoms with E-state index in [4.69, 9.17) is 0 Å². The van der Waals surface area contributed by atoms with Crippen molar-refractivity contribution in [2.24, 2.45) is 0 Å². The molecular weight excluding hydrogens is 356 g/mol. The van der Waals surface area contributed by atoms with Crippen molar-refractivity contribution in [2.45, 2.75) is 25.9 Å². The summed E-state index contributed by atoms with van der Waals surface area (Å²) in [6.45, 7) is 11.1. The Labute approximate surface area is 177 Å². The first-order chi connectivity index (χ1) is 14.3. The zero-order chi connectivity index (χ0) is 20.2. The maximum Gasteiger partial charge on any atom is 0.0234 e. The molecule has 1 saturated heterocycles. The van der Waals surface area contributed by atoms with Gasteiger partial charge in [-0.2, -0.15) is 0 Å². The highest BCUT2D eigenvalue weighted by atomic mass is 15.2. The van der Waals surface area contributed by atoms with E-state index >= 15 is 0 Å². The molecule has 0 saturated carbocycles. The first kappa shape index (κ1) is 22.0. The van der Waals surface area contributed by atoms with E-state index in [1.807, 2.05) is 0 Å². The second-order valence-electron chi connectivity index (χ2n) is 8.28. The Morgan fingerprint density at radius 3 is 1.76 bits per heavy atom. The number of benzene rings is 2. The summed E-state index contributed by atoms with van der Waals surface area (Å²) in [6, 6.07) is 21.8. The third kappa shape index (κ3) is 8.67. The molecular formula is C25H38N4. The van der Waals surface area contributed by atoms with Crippen molar-refractivity contribution in [1.82, 2.24) is 20.0 Å². The fourth-order valence-corrected chi connectivity index (χ4v) is 4.00. The monoisotopic (exact) mass is 394 g/mol. The number of likely N-dealkylation sites (N-methyl/N-ethyl adjacent to an activating group) is 1. The molecule has 0 unspecified atom stereocenters. The lowest BCUT2D eigenvalue weighted by Gasteiger charge is -2.29. The summed E-state index contributed by atoms with van der Waals surface area (Å²) in [5.74, 6) is 0. The minimum Gasteiger partial charge on any atom is -0.315 e. The molecule has 1 heterocycles. The van der Waals surface area contributed by atoms with Crippen molar-refractivity contribution in [1.29, 1.82) is 0 Å². The second-order valence-corrected chi connectivity index (χ2v) is 8.28. The average molecular weight is 395 g/mol. The lowest BCUT2D eigenvalue weighted by Crippen LogP contribution is -2.38. The topological polar surface area (TPSA) is 21.8 Å². The molecule has 1 aliphatic rings. The molecule has 0 aliphatic carbocycles. The molecule has 1 N–H and O–H groups in total. The van der Waals surface area contributed by atoms with Crippen LogP contribution < -0.4 is 5.32 Å². The smallest absolute Gasteiger partial charge is 0.0234 e. The number of nitrogens with zero attached hydrogens (tertiary/aromatic N) is 3. The molecule has 1 aliphatic heterocycles. The van der Waals surface area contributed by atoms with Gasteiger partial charge in [-0.05, 0) is 57.2 Å². The van der Waals surface area contributed by atoms with Gasteiger partial charge in [-0.15, -0.1) is 0 Å². The summed E-state index contributed by atoms with van der Waals surface area (Å²) in [5.41, 5.74) is 2.83. The largest absolute Gasteiger partial charge is 0.315 e. The van der Waals surface area contributed by atoms with Gasteiger partial charge in [0, 0.05) is 39.3 Å². The van der Waals surface area contributed by atoms with Crippen LogP contribution in [-0.4, -0.2) is 74.1 Å². The second kappa shape index (κ2) is 12.8. The Kier molecular flexibility index (Phi) is 9.67. The van der Waals surface area contributed by atoms with Crippen LogP contribution in [0.5, 0.6) is 0 Å². The third-order valence-corrected chi connectivity index (χ3v) is 5.74. The highest BCUT2D eigenvalue weighted by Gasteiger charge is 2.12. The maximum atomic E-state index is 3.62. The van der Waals surface area contributed by atoms with E-state index in [9.17, 15) is 0 Å². The molecule has 158 valence electrons. The Morgan fingerprint density at radius 2 is 1.17 bits per heavy atom. The van der Waals surface area contributed by atoms with Crippen molar-refractivity contribution in [3.05, 3.63) is 71.8 Å². The Balaban J connectivity index is 1.63. The van der Waals surface area contributed by atoms with E-state index in [1.54, 1.807) is 0 Å². The van der Waals surface area contributed by atoms with Gasteiger partial charge < -0.3 is 10.2 Å². The van der Waals surface area contributed by atoms with Gasteiger partial charge in [0.2, 0.25) is 0 Å². The lowest BCUT2D eigenvalue weighted by atomic mass is 10.2. The normalized spacial score (nSPS) is 19.6. The van der Waals surface area contributed by atoms with E-state index < -0.39 is 0 Å². The Hall–Kier alpha value is -1.72. The molecule has 4 nitrogen and oxygen atoms in total. The van der Waals surface area contributed by atoms with Crippen molar-refractivity contribution in [3.8, 4) is 0 Å². The molecule has 0 aromatic heterocycles. The standard InChI is InChI=1S/C25H38N4/c1-27-16-9-18-29(23-25-12-6-3-7-13-25)21-20-28(17-8-14-26-15-19-27)22-24-10-4-2-5-11-24/h2-7,10-13,26H,8-9,14-23H2,1H3. The summed E-state index contributed by atoms with van der Waals surface area (Å²) in [5, 5.41) is 3.62. The van der Waals surface area contributed by atoms with Gasteiger partial charge in [0.15, 0.2) is 0 Å². The van der Waals surface area contributed by atoms with Gasteiger partial charge in [0.1, 0.15) is 0 Å². The molecule has 4 heteroatoms. The quantitative estimate of drug-likeness (QED) is 0.859. The van der Waals surface area contributed by atoms with Crippen LogP contribution in [-0.2, 0) is 13.1 Å². The molecule has 0 amide bonds. The summed E-state index contributed by atoms with van der Waals surface area (Å²) < 4.78 is 0. The molecule has 0 spiro atoms. The van der Waals surface area contributed by atoms with Crippen molar-refractivity contribution >= 4 is 0 Å². The summed E-state index contributed by atoms with van der Waals surface area (Å²) >= 11 is 0. The predicted molar refractivity (Wildman–Crippen MR) is 123 cm³/mol. The Bertz CT molecular complexity index is 661. The molecule has 0 radical (unpaired) electrons. The van der Waals surface area contributed by atoms with Crippen LogP contribution in [0.4, 0.5) is 0 Å². The van der Waals surface area contributed by atoms with Gasteiger partial charge in [-0.3, -0.25) is 9.80 Å². The highest BCUT2D eigenvalue weighted by molar-refractivity contribution is 5.15. The van der Waals surface area contributed by atoms with Crippen LogP contribution in [0.15, 0.2) is 60.7 Å². The van der Waals surface area contributed by atoms with Gasteiger partial charge in [0.25, 0.3) is 0 Å². The number of hydrogen-bond donors (Lipinski definition) is 1. The van der Waals surface area contributed by atoms with E-state index in [1.165, 1.54) is 30.5 Å². The summed E-state index contributed by atoms with van der Waals surface area (Å²) in [4.78, 5) is 7.74. The highest BCUT2D eigenvalue weighted by Crippen LogP contribution is 2.09.